The zero-order valence-corrected chi connectivity index (χ0v) is 12.3. The van der Waals surface area contributed by atoms with Crippen LogP contribution in [0.1, 0.15) is 32.1 Å². The first-order chi connectivity index (χ1) is 10.5. The van der Waals surface area contributed by atoms with E-state index in [4.69, 9.17) is 5.11 Å². The number of hydrogen-bond donors (Lipinski definition) is 3. The van der Waals surface area contributed by atoms with Gasteiger partial charge in [0, 0.05) is 25.1 Å². The third kappa shape index (κ3) is 4.07. The second-order valence-electron chi connectivity index (χ2n) is 5.63. The predicted molar refractivity (Wildman–Crippen MR) is 81.2 cm³/mol. The first-order valence-electron chi connectivity index (χ1n) is 7.37. The average molecular weight is 304 g/mol. The molecule has 0 atom stereocenters. The number of benzene rings is 1. The highest BCUT2D eigenvalue weighted by Gasteiger charge is 2.45. The van der Waals surface area contributed by atoms with Gasteiger partial charge in [0.15, 0.2) is 0 Å². The maximum Gasteiger partial charge on any atom is 0.310 e. The molecule has 1 aromatic rings. The first-order valence-corrected chi connectivity index (χ1v) is 7.37. The SMILES string of the molecule is O=C(CC1(C(=O)O)CCC1)NCCC(=O)Nc1ccccc1. The molecule has 3 N–H and O–H groups in total. The van der Waals surface area contributed by atoms with Gasteiger partial charge in [-0.1, -0.05) is 24.6 Å². The van der Waals surface area contributed by atoms with E-state index in [2.05, 4.69) is 10.6 Å². The molecule has 1 aliphatic carbocycles. The van der Waals surface area contributed by atoms with Crippen molar-refractivity contribution in [2.45, 2.75) is 32.1 Å². The number of para-hydroxylation sites is 1. The molecule has 6 nitrogen and oxygen atoms in total. The molecule has 1 fully saturated rings. The number of aliphatic carboxylic acids is 1. The number of anilines is 1. The fourth-order valence-corrected chi connectivity index (χ4v) is 2.50. The van der Waals surface area contributed by atoms with E-state index in [1.165, 1.54) is 0 Å². The lowest BCUT2D eigenvalue weighted by Gasteiger charge is -2.36. The number of carboxylic acid groups (broad SMARTS) is 1. The van der Waals surface area contributed by atoms with Crippen LogP contribution in [0.4, 0.5) is 5.69 Å². The number of nitrogens with one attached hydrogen (secondary N) is 2. The van der Waals surface area contributed by atoms with Crippen LogP contribution in [0.2, 0.25) is 0 Å². The van der Waals surface area contributed by atoms with E-state index in [1.807, 2.05) is 18.2 Å². The summed E-state index contributed by atoms with van der Waals surface area (Å²) >= 11 is 0. The van der Waals surface area contributed by atoms with Gasteiger partial charge < -0.3 is 15.7 Å². The van der Waals surface area contributed by atoms with Crippen molar-refractivity contribution in [3.05, 3.63) is 30.3 Å². The number of rotatable bonds is 7. The Morgan fingerprint density at radius 3 is 2.32 bits per heavy atom. The van der Waals surface area contributed by atoms with Crippen LogP contribution in [0.25, 0.3) is 0 Å². The molecule has 2 amide bonds. The van der Waals surface area contributed by atoms with Crippen LogP contribution in [0.5, 0.6) is 0 Å². The van der Waals surface area contributed by atoms with Crippen LogP contribution < -0.4 is 10.6 Å². The molecule has 0 unspecified atom stereocenters. The van der Waals surface area contributed by atoms with Gasteiger partial charge in [0.05, 0.1) is 5.41 Å². The summed E-state index contributed by atoms with van der Waals surface area (Å²) in [7, 11) is 0. The summed E-state index contributed by atoms with van der Waals surface area (Å²) in [4.78, 5) is 34.7. The molecule has 1 saturated carbocycles. The van der Waals surface area contributed by atoms with Crippen molar-refractivity contribution in [3.8, 4) is 0 Å². The van der Waals surface area contributed by atoms with Gasteiger partial charge in [0.1, 0.15) is 0 Å². The Morgan fingerprint density at radius 1 is 1.09 bits per heavy atom. The van der Waals surface area contributed by atoms with Crippen molar-refractivity contribution < 1.29 is 19.5 Å². The lowest BCUT2D eigenvalue weighted by Crippen LogP contribution is -2.42. The van der Waals surface area contributed by atoms with Crippen molar-refractivity contribution in [2.24, 2.45) is 5.41 Å². The monoisotopic (exact) mass is 304 g/mol. The summed E-state index contributed by atoms with van der Waals surface area (Å²) in [6.45, 7) is 0.202. The molecule has 118 valence electrons. The Kier molecular flexibility index (Phi) is 5.14. The smallest absolute Gasteiger partial charge is 0.310 e. The Balaban J connectivity index is 1.69. The molecule has 0 saturated heterocycles. The van der Waals surface area contributed by atoms with Gasteiger partial charge in [-0.3, -0.25) is 14.4 Å². The summed E-state index contributed by atoms with van der Waals surface area (Å²) in [6.07, 6.45) is 2.08. The largest absolute Gasteiger partial charge is 0.481 e. The molecule has 22 heavy (non-hydrogen) atoms. The van der Waals surface area contributed by atoms with Crippen LogP contribution in [0.15, 0.2) is 30.3 Å². The maximum atomic E-state index is 11.8. The molecule has 0 radical (unpaired) electrons. The Labute approximate surface area is 128 Å². The molecule has 1 aromatic carbocycles. The molecule has 0 bridgehead atoms. The minimum absolute atomic E-state index is 0.0113. The third-order valence-electron chi connectivity index (χ3n) is 4.00. The summed E-state index contributed by atoms with van der Waals surface area (Å²) in [6, 6.07) is 9.06. The number of carbonyl (C=O) groups is 3. The van der Waals surface area contributed by atoms with Gasteiger partial charge in [-0.2, -0.15) is 0 Å². The molecular formula is C16H20N2O4. The van der Waals surface area contributed by atoms with Gasteiger partial charge in [0.25, 0.3) is 0 Å². The fraction of sp³-hybridized carbons (Fsp3) is 0.438. The van der Waals surface area contributed by atoms with Crippen LogP contribution in [-0.4, -0.2) is 29.4 Å². The van der Waals surface area contributed by atoms with Crippen LogP contribution in [-0.2, 0) is 14.4 Å². The maximum absolute atomic E-state index is 11.8. The highest BCUT2D eigenvalue weighted by atomic mass is 16.4. The molecule has 1 aliphatic rings. The predicted octanol–water partition coefficient (Wildman–Crippen LogP) is 1.78. The Morgan fingerprint density at radius 2 is 1.77 bits per heavy atom. The van der Waals surface area contributed by atoms with Gasteiger partial charge in [-0.25, -0.2) is 0 Å². The topological polar surface area (TPSA) is 95.5 Å². The molecule has 0 aromatic heterocycles. The zero-order chi connectivity index (χ0) is 16.0. The van der Waals surface area contributed by atoms with Crippen molar-refractivity contribution in [2.75, 3.05) is 11.9 Å². The van der Waals surface area contributed by atoms with E-state index in [1.54, 1.807) is 12.1 Å². The van der Waals surface area contributed by atoms with Crippen molar-refractivity contribution in [1.29, 1.82) is 0 Å². The van der Waals surface area contributed by atoms with Crippen LogP contribution in [0, 0.1) is 5.41 Å². The van der Waals surface area contributed by atoms with Crippen LogP contribution >= 0.6 is 0 Å². The molecule has 0 aliphatic heterocycles. The molecular weight excluding hydrogens is 284 g/mol. The summed E-state index contributed by atoms with van der Waals surface area (Å²) < 4.78 is 0. The lowest BCUT2D eigenvalue weighted by molar-refractivity contribution is -0.157. The number of carboxylic acids is 1. The number of hydrogen-bond acceptors (Lipinski definition) is 3. The Bertz CT molecular complexity index is 553. The second-order valence-corrected chi connectivity index (χ2v) is 5.63. The quantitative estimate of drug-likeness (QED) is 0.715. The second kappa shape index (κ2) is 7.06. The van der Waals surface area contributed by atoms with E-state index in [0.717, 1.165) is 6.42 Å². The third-order valence-corrected chi connectivity index (χ3v) is 4.00. The van der Waals surface area contributed by atoms with Crippen molar-refractivity contribution in [1.82, 2.24) is 5.32 Å². The number of amides is 2. The summed E-state index contributed by atoms with van der Waals surface area (Å²) in [5, 5.41) is 14.5. The van der Waals surface area contributed by atoms with Crippen molar-refractivity contribution in [3.63, 3.8) is 0 Å². The van der Waals surface area contributed by atoms with E-state index >= 15 is 0 Å². The average Bonchev–Trinajstić information content (AvgIpc) is 2.43. The number of carbonyl (C=O) groups excluding carboxylic acids is 2. The lowest BCUT2D eigenvalue weighted by atomic mass is 9.66. The standard InChI is InChI=1S/C16H20N2O4/c19-13(18-12-5-2-1-3-6-12)7-10-17-14(20)11-16(15(21)22)8-4-9-16/h1-3,5-6H,4,7-11H2,(H,17,20)(H,18,19)(H,21,22). The van der Waals surface area contributed by atoms with Gasteiger partial charge in [-0.15, -0.1) is 0 Å². The molecule has 0 spiro atoms. The highest BCUT2D eigenvalue weighted by molar-refractivity contribution is 5.91. The van der Waals surface area contributed by atoms with Gasteiger partial charge in [0.2, 0.25) is 11.8 Å². The molecule has 2 rings (SSSR count). The molecule has 6 heteroatoms. The normalized spacial score (nSPS) is 15.5. The van der Waals surface area contributed by atoms with E-state index in [-0.39, 0.29) is 31.2 Å². The zero-order valence-electron chi connectivity index (χ0n) is 12.3. The fourth-order valence-electron chi connectivity index (χ4n) is 2.50. The van der Waals surface area contributed by atoms with Crippen LogP contribution in [0.3, 0.4) is 0 Å². The minimum Gasteiger partial charge on any atom is -0.481 e. The molecule has 0 heterocycles. The van der Waals surface area contributed by atoms with Gasteiger partial charge in [-0.05, 0) is 25.0 Å². The highest BCUT2D eigenvalue weighted by Crippen LogP contribution is 2.44. The van der Waals surface area contributed by atoms with Crippen molar-refractivity contribution >= 4 is 23.5 Å². The summed E-state index contributed by atoms with van der Waals surface area (Å²) in [5.74, 6) is -1.41. The van der Waals surface area contributed by atoms with E-state index in [0.29, 0.717) is 18.5 Å². The Hall–Kier alpha value is -2.37. The minimum atomic E-state index is -0.907. The van der Waals surface area contributed by atoms with E-state index in [9.17, 15) is 14.4 Å². The first kappa shape index (κ1) is 16.0. The van der Waals surface area contributed by atoms with Gasteiger partial charge >= 0.3 is 5.97 Å². The summed E-state index contributed by atoms with van der Waals surface area (Å²) in [5.41, 5.74) is -0.186. The van der Waals surface area contributed by atoms with E-state index < -0.39 is 11.4 Å².